The number of rotatable bonds is 3. The van der Waals surface area contributed by atoms with Crippen LogP contribution < -0.4 is 5.32 Å². The molecular weight excluding hydrogens is 303 g/mol. The standard InChI is InChI=1S/C13H12Cl2N2OS/c1-7(2)10-6-19-13(16-10)17-12(18)8-4-3-5-9(14)11(8)15/h3-7H,1-2H3,(H,16,17,18). The highest BCUT2D eigenvalue weighted by molar-refractivity contribution is 7.14. The fourth-order valence-electron chi connectivity index (χ4n) is 1.45. The minimum atomic E-state index is -0.308. The number of hydrogen-bond acceptors (Lipinski definition) is 3. The summed E-state index contributed by atoms with van der Waals surface area (Å²) in [5, 5.41) is 5.83. The molecule has 0 spiro atoms. The first-order valence-corrected chi connectivity index (χ1v) is 7.33. The molecule has 0 saturated carbocycles. The molecule has 0 aliphatic rings. The molecule has 1 N–H and O–H groups in total. The monoisotopic (exact) mass is 314 g/mol. The number of hydrogen-bond donors (Lipinski definition) is 1. The van der Waals surface area contributed by atoms with Gasteiger partial charge in [0.25, 0.3) is 5.91 Å². The van der Waals surface area contributed by atoms with Crippen molar-refractivity contribution in [3.63, 3.8) is 0 Å². The fraction of sp³-hybridized carbons (Fsp3) is 0.231. The van der Waals surface area contributed by atoms with Gasteiger partial charge in [-0.2, -0.15) is 0 Å². The number of benzene rings is 1. The molecule has 1 aromatic heterocycles. The highest BCUT2D eigenvalue weighted by Crippen LogP contribution is 2.27. The molecule has 0 atom stereocenters. The summed E-state index contributed by atoms with van der Waals surface area (Å²) in [5.74, 6) is 0.0221. The topological polar surface area (TPSA) is 42.0 Å². The second-order valence-corrected chi connectivity index (χ2v) is 5.93. The number of thiazole rings is 1. The molecular formula is C13H12Cl2N2OS. The number of aromatic nitrogens is 1. The number of nitrogens with zero attached hydrogens (tertiary/aromatic N) is 1. The summed E-state index contributed by atoms with van der Waals surface area (Å²) >= 11 is 13.3. The van der Waals surface area contributed by atoms with Crippen molar-refractivity contribution in [3.05, 3.63) is 44.9 Å². The first-order valence-electron chi connectivity index (χ1n) is 5.70. The third-order valence-electron chi connectivity index (χ3n) is 2.53. The quantitative estimate of drug-likeness (QED) is 0.882. The Labute approximate surface area is 125 Å². The lowest BCUT2D eigenvalue weighted by Crippen LogP contribution is -2.12. The zero-order chi connectivity index (χ0) is 14.0. The maximum atomic E-state index is 12.1. The Morgan fingerprint density at radius 2 is 2.11 bits per heavy atom. The number of nitrogens with one attached hydrogen (secondary N) is 1. The van der Waals surface area contributed by atoms with E-state index >= 15 is 0 Å². The zero-order valence-electron chi connectivity index (χ0n) is 10.4. The number of carbonyl (C=O) groups excluding carboxylic acids is 1. The van der Waals surface area contributed by atoms with Crippen molar-refractivity contribution in [2.75, 3.05) is 5.32 Å². The van der Waals surface area contributed by atoms with Gasteiger partial charge < -0.3 is 0 Å². The van der Waals surface area contributed by atoms with Gasteiger partial charge in [-0.15, -0.1) is 11.3 Å². The molecule has 0 saturated heterocycles. The molecule has 1 aromatic carbocycles. The van der Waals surface area contributed by atoms with Crippen LogP contribution in [0.5, 0.6) is 0 Å². The third kappa shape index (κ3) is 3.26. The lowest BCUT2D eigenvalue weighted by Gasteiger charge is -2.05. The Balaban J connectivity index is 2.18. The average Bonchev–Trinajstić information content (AvgIpc) is 2.81. The molecule has 0 aliphatic carbocycles. The van der Waals surface area contributed by atoms with Crippen LogP contribution in [-0.2, 0) is 0 Å². The van der Waals surface area contributed by atoms with E-state index in [9.17, 15) is 4.79 Å². The van der Waals surface area contributed by atoms with Crippen molar-refractivity contribution < 1.29 is 4.79 Å². The van der Waals surface area contributed by atoms with Gasteiger partial charge in [-0.3, -0.25) is 10.1 Å². The summed E-state index contributed by atoms with van der Waals surface area (Å²) in [6.07, 6.45) is 0. The molecule has 19 heavy (non-hydrogen) atoms. The summed E-state index contributed by atoms with van der Waals surface area (Å²) in [6.45, 7) is 4.10. The van der Waals surface area contributed by atoms with Crippen LogP contribution in [0.1, 0.15) is 35.8 Å². The molecule has 2 rings (SSSR count). The fourth-order valence-corrected chi connectivity index (χ4v) is 2.71. The number of anilines is 1. The van der Waals surface area contributed by atoms with E-state index in [1.165, 1.54) is 11.3 Å². The van der Waals surface area contributed by atoms with Gasteiger partial charge in [0.1, 0.15) is 0 Å². The second kappa shape index (κ2) is 5.90. The van der Waals surface area contributed by atoms with Crippen molar-refractivity contribution >= 4 is 45.6 Å². The van der Waals surface area contributed by atoms with Crippen LogP contribution in [0, 0.1) is 0 Å². The molecule has 6 heteroatoms. The van der Waals surface area contributed by atoms with Crippen molar-refractivity contribution in [2.45, 2.75) is 19.8 Å². The maximum absolute atomic E-state index is 12.1. The van der Waals surface area contributed by atoms with Crippen LogP contribution in [0.15, 0.2) is 23.6 Å². The van der Waals surface area contributed by atoms with Crippen molar-refractivity contribution in [1.82, 2.24) is 4.98 Å². The molecule has 0 unspecified atom stereocenters. The smallest absolute Gasteiger partial charge is 0.259 e. The predicted octanol–water partition coefficient (Wildman–Crippen LogP) is 4.83. The zero-order valence-corrected chi connectivity index (χ0v) is 12.7. The van der Waals surface area contributed by atoms with E-state index in [1.54, 1.807) is 18.2 Å². The molecule has 3 nitrogen and oxygen atoms in total. The van der Waals surface area contributed by atoms with Crippen LogP contribution in [0.2, 0.25) is 10.0 Å². The Hall–Kier alpha value is -1.10. The van der Waals surface area contributed by atoms with Gasteiger partial charge in [0.2, 0.25) is 0 Å². The minimum Gasteiger partial charge on any atom is -0.298 e. The van der Waals surface area contributed by atoms with Crippen molar-refractivity contribution in [3.8, 4) is 0 Å². The minimum absolute atomic E-state index is 0.252. The third-order valence-corrected chi connectivity index (χ3v) is 4.13. The SMILES string of the molecule is CC(C)c1csc(NC(=O)c2cccc(Cl)c2Cl)n1. The largest absolute Gasteiger partial charge is 0.298 e. The van der Waals surface area contributed by atoms with E-state index in [2.05, 4.69) is 24.1 Å². The summed E-state index contributed by atoms with van der Waals surface area (Å²) in [4.78, 5) is 16.4. The first kappa shape index (κ1) is 14.3. The van der Waals surface area contributed by atoms with E-state index in [4.69, 9.17) is 23.2 Å². The van der Waals surface area contributed by atoms with Gasteiger partial charge in [-0.1, -0.05) is 43.1 Å². The van der Waals surface area contributed by atoms with Crippen LogP contribution in [0.4, 0.5) is 5.13 Å². The number of amides is 1. The van der Waals surface area contributed by atoms with Crippen molar-refractivity contribution in [1.29, 1.82) is 0 Å². The number of halogens is 2. The van der Waals surface area contributed by atoms with Crippen molar-refractivity contribution in [2.24, 2.45) is 0 Å². The molecule has 100 valence electrons. The summed E-state index contributed by atoms with van der Waals surface area (Å²) in [7, 11) is 0. The molecule has 0 radical (unpaired) electrons. The Morgan fingerprint density at radius 3 is 2.74 bits per heavy atom. The maximum Gasteiger partial charge on any atom is 0.259 e. The van der Waals surface area contributed by atoms with Gasteiger partial charge in [-0.05, 0) is 18.1 Å². The van der Waals surface area contributed by atoms with E-state index in [1.807, 2.05) is 5.38 Å². The first-order chi connectivity index (χ1) is 8.99. The van der Waals surface area contributed by atoms with Gasteiger partial charge in [-0.25, -0.2) is 4.98 Å². The van der Waals surface area contributed by atoms with Gasteiger partial charge in [0.05, 0.1) is 21.3 Å². The van der Waals surface area contributed by atoms with Gasteiger partial charge >= 0.3 is 0 Å². The highest BCUT2D eigenvalue weighted by atomic mass is 35.5. The van der Waals surface area contributed by atoms with Crippen LogP contribution in [-0.4, -0.2) is 10.9 Å². The highest BCUT2D eigenvalue weighted by Gasteiger charge is 2.14. The molecule has 1 amide bonds. The van der Waals surface area contributed by atoms with Crippen LogP contribution in [0.25, 0.3) is 0 Å². The van der Waals surface area contributed by atoms with E-state index < -0.39 is 0 Å². The Morgan fingerprint density at radius 1 is 1.37 bits per heavy atom. The Kier molecular flexibility index (Phi) is 4.45. The van der Waals surface area contributed by atoms with E-state index in [0.717, 1.165) is 5.69 Å². The lowest BCUT2D eigenvalue weighted by atomic mass is 10.2. The molecule has 0 bridgehead atoms. The molecule has 1 heterocycles. The number of carbonyl (C=O) groups is 1. The van der Waals surface area contributed by atoms with Gasteiger partial charge in [0.15, 0.2) is 5.13 Å². The average molecular weight is 315 g/mol. The summed E-state index contributed by atoms with van der Waals surface area (Å²) in [5.41, 5.74) is 1.30. The Bertz CT molecular complexity index is 610. The lowest BCUT2D eigenvalue weighted by molar-refractivity contribution is 0.102. The predicted molar refractivity (Wildman–Crippen MR) is 80.6 cm³/mol. The normalized spacial score (nSPS) is 10.8. The summed E-state index contributed by atoms with van der Waals surface area (Å²) < 4.78 is 0. The van der Waals surface area contributed by atoms with E-state index in [0.29, 0.717) is 21.6 Å². The van der Waals surface area contributed by atoms with E-state index in [-0.39, 0.29) is 10.9 Å². The van der Waals surface area contributed by atoms with Crippen LogP contribution in [0.3, 0.4) is 0 Å². The van der Waals surface area contributed by atoms with Gasteiger partial charge in [0, 0.05) is 5.38 Å². The summed E-state index contributed by atoms with van der Waals surface area (Å²) in [6, 6.07) is 4.95. The molecule has 0 fully saturated rings. The van der Waals surface area contributed by atoms with Crippen LogP contribution >= 0.6 is 34.5 Å². The molecule has 0 aliphatic heterocycles. The second-order valence-electron chi connectivity index (χ2n) is 4.29. The molecule has 2 aromatic rings.